The van der Waals surface area contributed by atoms with Gasteiger partial charge in [0.1, 0.15) is 5.82 Å². The first kappa shape index (κ1) is 40.4. The van der Waals surface area contributed by atoms with E-state index in [0.29, 0.717) is 0 Å². The van der Waals surface area contributed by atoms with E-state index in [1.807, 2.05) is 11.3 Å². The molecule has 0 fully saturated rings. The van der Waals surface area contributed by atoms with Crippen molar-refractivity contribution in [3.05, 3.63) is 241 Å². The first-order chi connectivity index (χ1) is 33.5. The van der Waals surface area contributed by atoms with E-state index < -0.39 is 0 Å². The molecule has 0 N–H and O–H groups in total. The van der Waals surface area contributed by atoms with E-state index in [2.05, 4.69) is 253 Å². The zero-order valence-electron chi connectivity index (χ0n) is 38.2. The lowest BCUT2D eigenvalue weighted by Crippen LogP contribution is -2.25. The molecular formula is C64H49N3S. The fraction of sp³-hybridized carbons (Fsp3) is 0.0938. The van der Waals surface area contributed by atoms with Crippen LogP contribution in [0.2, 0.25) is 0 Å². The van der Waals surface area contributed by atoms with Crippen LogP contribution in [0.1, 0.15) is 37.0 Å². The van der Waals surface area contributed by atoms with Crippen LogP contribution in [-0.2, 0) is 11.8 Å². The van der Waals surface area contributed by atoms with Gasteiger partial charge in [0.05, 0.1) is 11.4 Å². The zero-order valence-corrected chi connectivity index (χ0v) is 39.0. The number of hydrogen-bond acceptors (Lipinski definition) is 3. The number of aromatic nitrogens is 1. The largest absolute Gasteiger partial charge is 0.341 e. The van der Waals surface area contributed by atoms with Gasteiger partial charge in [-0.25, -0.2) is 0 Å². The van der Waals surface area contributed by atoms with Gasteiger partial charge in [-0.3, -0.25) is 9.47 Å². The maximum atomic E-state index is 2.57. The third kappa shape index (κ3) is 6.54. The highest BCUT2D eigenvalue weighted by molar-refractivity contribution is 7.25. The van der Waals surface area contributed by atoms with Gasteiger partial charge in [-0.15, -0.1) is 11.3 Å². The monoisotopic (exact) mass is 891 g/mol. The zero-order chi connectivity index (χ0) is 45.3. The first-order valence-electron chi connectivity index (χ1n) is 23.9. The van der Waals surface area contributed by atoms with Gasteiger partial charge in [-0.2, -0.15) is 0 Å². The average Bonchev–Trinajstić information content (AvgIpc) is 4.07. The van der Waals surface area contributed by atoms with Crippen LogP contribution in [0, 0.1) is 0 Å². The summed E-state index contributed by atoms with van der Waals surface area (Å²) in [5.74, 6) is 1.07. The normalized spacial score (nSPS) is 13.6. The Labute approximate surface area is 402 Å². The highest BCUT2D eigenvalue weighted by atomic mass is 32.1. The number of fused-ring (bicyclic) bond motifs is 7. The maximum absolute atomic E-state index is 2.57. The molecule has 0 saturated carbocycles. The SMILES string of the molecule is CC1(C)c2ccccc2-c2c(-c3cccc4c3N(c3ccccc3)CCC4)cc(N(c3ccc(-c4ccccc4)cc3)c3ccc(-c4ccc5c(c4)sc4ccccc45)n3-c3ccccc3)cc21. The van der Waals surface area contributed by atoms with Crippen molar-refractivity contribution in [1.29, 1.82) is 0 Å². The van der Waals surface area contributed by atoms with Gasteiger partial charge in [0.2, 0.25) is 0 Å². The Hall–Kier alpha value is -7.92. The molecule has 0 radical (unpaired) electrons. The minimum atomic E-state index is -0.250. The Kier molecular flexibility index (Phi) is 9.59. The summed E-state index contributed by atoms with van der Waals surface area (Å²) in [6.07, 6.45) is 2.16. The van der Waals surface area contributed by atoms with Crippen LogP contribution in [0.25, 0.3) is 70.5 Å². The molecule has 9 aromatic carbocycles. The number of anilines is 5. The Morgan fingerprint density at radius 2 is 1.13 bits per heavy atom. The number of para-hydroxylation sites is 3. The fourth-order valence-corrected chi connectivity index (χ4v) is 12.4. The van der Waals surface area contributed by atoms with Crippen molar-refractivity contribution in [3.8, 4) is 50.3 Å². The molecule has 0 unspecified atom stereocenters. The molecule has 0 spiro atoms. The quantitative estimate of drug-likeness (QED) is 0.151. The molecule has 11 aromatic rings. The van der Waals surface area contributed by atoms with E-state index in [-0.39, 0.29) is 5.41 Å². The van der Waals surface area contributed by atoms with E-state index in [9.17, 15) is 0 Å². The van der Waals surface area contributed by atoms with Crippen molar-refractivity contribution in [2.45, 2.75) is 32.1 Å². The minimum Gasteiger partial charge on any atom is -0.341 e. The van der Waals surface area contributed by atoms with Gasteiger partial charge in [-0.1, -0.05) is 166 Å². The van der Waals surface area contributed by atoms with Gasteiger partial charge in [0.25, 0.3) is 0 Å². The van der Waals surface area contributed by atoms with E-state index >= 15 is 0 Å². The molecule has 0 saturated heterocycles. The van der Waals surface area contributed by atoms with Crippen molar-refractivity contribution in [3.63, 3.8) is 0 Å². The predicted octanol–water partition coefficient (Wildman–Crippen LogP) is 17.7. The van der Waals surface area contributed by atoms with Crippen molar-refractivity contribution in [2.24, 2.45) is 0 Å². The molecule has 0 amide bonds. The van der Waals surface area contributed by atoms with E-state index in [0.717, 1.165) is 48.0 Å². The van der Waals surface area contributed by atoms with Crippen molar-refractivity contribution in [1.82, 2.24) is 4.57 Å². The van der Waals surface area contributed by atoms with Gasteiger partial charge in [-0.05, 0) is 130 Å². The topological polar surface area (TPSA) is 11.4 Å². The minimum absolute atomic E-state index is 0.250. The maximum Gasteiger partial charge on any atom is 0.122 e. The summed E-state index contributed by atoms with van der Waals surface area (Å²) >= 11 is 1.87. The van der Waals surface area contributed by atoms with Crippen molar-refractivity contribution >= 4 is 60.1 Å². The number of aryl methyl sites for hydroxylation is 1. The number of benzene rings is 9. The highest BCUT2D eigenvalue weighted by Crippen LogP contribution is 2.56. The summed E-state index contributed by atoms with van der Waals surface area (Å²) in [5.41, 5.74) is 19.6. The number of hydrogen-bond donors (Lipinski definition) is 0. The summed E-state index contributed by atoms with van der Waals surface area (Å²) in [7, 11) is 0. The van der Waals surface area contributed by atoms with Crippen LogP contribution in [0.4, 0.5) is 28.6 Å². The van der Waals surface area contributed by atoms with Gasteiger partial charge in [0.15, 0.2) is 0 Å². The van der Waals surface area contributed by atoms with Crippen LogP contribution in [0.5, 0.6) is 0 Å². The Balaban J connectivity index is 1.09. The smallest absolute Gasteiger partial charge is 0.122 e. The molecule has 68 heavy (non-hydrogen) atoms. The van der Waals surface area contributed by atoms with E-state index in [1.54, 1.807) is 0 Å². The lowest BCUT2D eigenvalue weighted by molar-refractivity contribution is 0.660. The van der Waals surface area contributed by atoms with Crippen LogP contribution < -0.4 is 9.80 Å². The molecule has 1 aliphatic carbocycles. The second-order valence-corrected chi connectivity index (χ2v) is 19.9. The van der Waals surface area contributed by atoms with Gasteiger partial charge in [0, 0.05) is 66.0 Å². The summed E-state index contributed by atoms with van der Waals surface area (Å²) in [4.78, 5) is 5.08. The van der Waals surface area contributed by atoms with Crippen LogP contribution >= 0.6 is 11.3 Å². The lowest BCUT2D eigenvalue weighted by atomic mass is 9.81. The molecule has 1 aliphatic heterocycles. The number of nitrogens with zero attached hydrogens (tertiary/aromatic N) is 3. The molecule has 3 heterocycles. The van der Waals surface area contributed by atoms with Gasteiger partial charge < -0.3 is 4.90 Å². The molecule has 0 bridgehead atoms. The fourth-order valence-electron chi connectivity index (χ4n) is 11.3. The van der Waals surface area contributed by atoms with Crippen LogP contribution in [-0.4, -0.2) is 11.1 Å². The van der Waals surface area contributed by atoms with E-state index in [1.165, 1.54) is 87.2 Å². The Morgan fingerprint density at radius 3 is 1.94 bits per heavy atom. The van der Waals surface area contributed by atoms with Crippen LogP contribution in [0.15, 0.2) is 224 Å². The molecule has 3 nitrogen and oxygen atoms in total. The molecule has 4 heteroatoms. The van der Waals surface area contributed by atoms with Gasteiger partial charge >= 0.3 is 0 Å². The van der Waals surface area contributed by atoms with E-state index in [4.69, 9.17) is 0 Å². The average molecular weight is 892 g/mol. The molecule has 2 aliphatic rings. The van der Waals surface area contributed by atoms with Crippen molar-refractivity contribution in [2.75, 3.05) is 16.3 Å². The summed E-state index contributed by atoms with van der Waals surface area (Å²) in [6.45, 7) is 5.80. The molecule has 2 aromatic heterocycles. The summed E-state index contributed by atoms with van der Waals surface area (Å²) < 4.78 is 5.07. The molecule has 0 atom stereocenters. The molecule has 326 valence electrons. The lowest BCUT2D eigenvalue weighted by Gasteiger charge is -2.35. The number of thiophene rings is 1. The third-order valence-corrected chi connectivity index (χ3v) is 15.6. The summed E-state index contributed by atoms with van der Waals surface area (Å²) in [6, 6.07) is 83.3. The first-order valence-corrected chi connectivity index (χ1v) is 24.7. The van der Waals surface area contributed by atoms with Crippen molar-refractivity contribution < 1.29 is 0 Å². The van der Waals surface area contributed by atoms with Crippen LogP contribution in [0.3, 0.4) is 0 Å². The molecular weight excluding hydrogens is 843 g/mol. The predicted molar refractivity (Wildman–Crippen MR) is 289 cm³/mol. The highest BCUT2D eigenvalue weighted by Gasteiger charge is 2.39. The standard InChI is InChI=1S/C64H49N3S/c1-64(2)56-29-14-12-27-54(56)62-55(53-28-16-20-45-21-17-39-65(63(45)53)47-22-8-4-9-23-47)41-50(42-57(62)64)66(49-34-31-44(32-35-49)43-18-6-3-7-19-43)61-38-37-58(67(61)48-24-10-5-11-25-48)46-33-36-52-51-26-13-15-30-59(51)68-60(52)40-46/h3-16,18-20,22-38,40-42H,17,21,39H2,1-2H3. The number of rotatable bonds is 8. The Morgan fingerprint density at radius 1 is 0.471 bits per heavy atom. The summed E-state index contributed by atoms with van der Waals surface area (Å²) in [5, 5.41) is 2.61. The second-order valence-electron chi connectivity index (χ2n) is 18.8. The third-order valence-electron chi connectivity index (χ3n) is 14.5. The molecule has 13 rings (SSSR count). The second kappa shape index (κ2) is 16.2. The Bertz CT molecular complexity index is 3680.